The number of aryl methyl sites for hydroxylation is 1. The quantitative estimate of drug-likeness (QED) is 0.486. The summed E-state index contributed by atoms with van der Waals surface area (Å²) >= 11 is 10.4. The minimum atomic E-state index is 0.161. The number of aromatic nitrogens is 1. The Bertz CT molecular complexity index is 1110. The van der Waals surface area contributed by atoms with E-state index in [0.717, 1.165) is 37.4 Å². The normalized spacial score (nSPS) is 14.2. The lowest BCUT2D eigenvalue weighted by molar-refractivity contribution is 0.441. The number of para-hydroxylation sites is 1. The van der Waals surface area contributed by atoms with Crippen molar-refractivity contribution in [2.24, 2.45) is 4.99 Å². The maximum absolute atomic E-state index is 10.8. The van der Waals surface area contributed by atoms with E-state index in [-0.39, 0.29) is 5.88 Å². The molecule has 0 unspecified atom stereocenters. The Morgan fingerprint density at radius 1 is 1.24 bits per heavy atom. The van der Waals surface area contributed by atoms with E-state index in [1.165, 1.54) is 11.3 Å². The van der Waals surface area contributed by atoms with E-state index in [1.54, 1.807) is 4.57 Å². The largest absolute Gasteiger partial charge is 0.493 e. The molecule has 0 fully saturated rings. The van der Waals surface area contributed by atoms with Crippen LogP contribution in [0.5, 0.6) is 5.88 Å². The summed E-state index contributed by atoms with van der Waals surface area (Å²) in [5, 5.41) is 10.8. The molecule has 3 nitrogen and oxygen atoms in total. The van der Waals surface area contributed by atoms with Crippen LogP contribution < -0.4 is 0 Å². The van der Waals surface area contributed by atoms with Crippen LogP contribution in [-0.2, 0) is 0 Å². The van der Waals surface area contributed by atoms with Crippen molar-refractivity contribution in [2.45, 2.75) is 6.92 Å². The highest BCUT2D eigenvalue weighted by Gasteiger charge is 2.17. The van der Waals surface area contributed by atoms with Gasteiger partial charge in [0.05, 0.1) is 16.3 Å². The molecule has 3 aromatic rings. The SMILES string of the molecule is Cc1ccccc1-n1c(O)c(C=C2C=Nc3ccc(Br)cc32)sc1=S. The van der Waals surface area contributed by atoms with Gasteiger partial charge in [0.2, 0.25) is 5.88 Å². The third-order valence-corrected chi connectivity index (χ3v) is 5.87. The van der Waals surface area contributed by atoms with Crippen molar-refractivity contribution in [3.8, 4) is 11.6 Å². The van der Waals surface area contributed by atoms with E-state index >= 15 is 0 Å². The molecule has 2 aromatic carbocycles. The zero-order chi connectivity index (χ0) is 17.6. The second-order valence-corrected chi connectivity index (χ2v) is 8.29. The molecule has 1 N–H and O–H groups in total. The van der Waals surface area contributed by atoms with Gasteiger partial charge in [0.15, 0.2) is 3.95 Å². The second-order valence-electron chi connectivity index (χ2n) is 5.70. The van der Waals surface area contributed by atoms with Crippen molar-refractivity contribution in [1.29, 1.82) is 0 Å². The first-order chi connectivity index (χ1) is 12.0. The Hall–Kier alpha value is -2.02. The molecule has 6 heteroatoms. The summed E-state index contributed by atoms with van der Waals surface area (Å²) in [5.41, 5.74) is 4.88. The Balaban J connectivity index is 1.84. The number of fused-ring (bicyclic) bond motifs is 1. The lowest BCUT2D eigenvalue weighted by Crippen LogP contribution is -1.95. The van der Waals surface area contributed by atoms with Gasteiger partial charge >= 0.3 is 0 Å². The first-order valence-electron chi connectivity index (χ1n) is 7.61. The molecular weight excluding hydrogens is 416 g/mol. The van der Waals surface area contributed by atoms with Gasteiger partial charge in [-0.25, -0.2) is 0 Å². The Kier molecular flexibility index (Phi) is 4.19. The molecule has 1 aromatic heterocycles. The fourth-order valence-electron chi connectivity index (χ4n) is 2.82. The van der Waals surface area contributed by atoms with Gasteiger partial charge < -0.3 is 5.11 Å². The van der Waals surface area contributed by atoms with Gasteiger partial charge in [-0.3, -0.25) is 9.56 Å². The van der Waals surface area contributed by atoms with Crippen molar-refractivity contribution in [3.63, 3.8) is 0 Å². The lowest BCUT2D eigenvalue weighted by atomic mass is 10.1. The number of halogens is 1. The standard InChI is InChI=1S/C19H13BrN2OS2/c1-11-4-2-3-5-16(11)22-18(23)17(25-19(22)24)8-12-10-21-15-7-6-13(20)9-14(12)15/h2-10,23H,1H3. The Labute approximate surface area is 162 Å². The zero-order valence-electron chi connectivity index (χ0n) is 13.2. The molecule has 25 heavy (non-hydrogen) atoms. The van der Waals surface area contributed by atoms with E-state index in [4.69, 9.17) is 12.2 Å². The van der Waals surface area contributed by atoms with E-state index in [0.29, 0.717) is 3.95 Å². The van der Waals surface area contributed by atoms with Gasteiger partial charge in [-0.2, -0.15) is 0 Å². The van der Waals surface area contributed by atoms with Crippen LogP contribution in [0, 0.1) is 10.9 Å². The number of thiazole rings is 1. The number of aliphatic imine (C=N–C) groups is 1. The number of nitrogens with zero attached hydrogens (tertiary/aromatic N) is 2. The minimum absolute atomic E-state index is 0.161. The topological polar surface area (TPSA) is 37.5 Å². The van der Waals surface area contributed by atoms with Crippen molar-refractivity contribution in [1.82, 2.24) is 4.57 Å². The third kappa shape index (κ3) is 2.90. The smallest absolute Gasteiger partial charge is 0.215 e. The van der Waals surface area contributed by atoms with Gasteiger partial charge in [0.25, 0.3) is 0 Å². The molecule has 4 rings (SSSR count). The summed E-state index contributed by atoms with van der Waals surface area (Å²) in [6.07, 6.45) is 3.75. The van der Waals surface area contributed by atoms with Crippen molar-refractivity contribution >= 4 is 63.0 Å². The highest BCUT2D eigenvalue weighted by atomic mass is 79.9. The molecule has 0 saturated heterocycles. The van der Waals surface area contributed by atoms with Gasteiger partial charge in [-0.05, 0) is 55.0 Å². The van der Waals surface area contributed by atoms with E-state index in [9.17, 15) is 5.11 Å². The predicted octanol–water partition coefficient (Wildman–Crippen LogP) is 6.30. The molecule has 1 aliphatic rings. The van der Waals surface area contributed by atoms with Gasteiger partial charge in [-0.1, -0.05) is 34.1 Å². The maximum Gasteiger partial charge on any atom is 0.215 e. The summed E-state index contributed by atoms with van der Waals surface area (Å²) in [7, 11) is 0. The lowest BCUT2D eigenvalue weighted by Gasteiger charge is -2.08. The van der Waals surface area contributed by atoms with Gasteiger partial charge in [-0.15, -0.1) is 11.3 Å². The molecular formula is C19H13BrN2OS2. The average molecular weight is 429 g/mol. The van der Waals surface area contributed by atoms with E-state index < -0.39 is 0 Å². The molecule has 0 atom stereocenters. The van der Waals surface area contributed by atoms with E-state index in [1.807, 2.05) is 61.7 Å². The number of benzene rings is 2. The van der Waals surface area contributed by atoms with Crippen LogP contribution in [0.4, 0.5) is 5.69 Å². The second kappa shape index (κ2) is 6.37. The molecule has 2 heterocycles. The summed E-state index contributed by atoms with van der Waals surface area (Å²) in [5.74, 6) is 0.161. The van der Waals surface area contributed by atoms with Crippen LogP contribution in [0.3, 0.4) is 0 Å². The molecule has 1 aliphatic heterocycles. The number of aromatic hydroxyl groups is 1. The van der Waals surface area contributed by atoms with Gasteiger partial charge in [0, 0.05) is 21.8 Å². The number of hydrogen-bond acceptors (Lipinski definition) is 4. The number of hydrogen-bond donors (Lipinski definition) is 1. The molecule has 0 saturated carbocycles. The average Bonchev–Trinajstić information content (AvgIpc) is 3.10. The predicted molar refractivity (Wildman–Crippen MR) is 111 cm³/mol. The van der Waals surface area contributed by atoms with Crippen molar-refractivity contribution in [2.75, 3.05) is 0 Å². The van der Waals surface area contributed by atoms with Crippen LogP contribution in [0.15, 0.2) is 51.9 Å². The molecule has 0 bridgehead atoms. The zero-order valence-corrected chi connectivity index (χ0v) is 16.5. The molecule has 0 aliphatic carbocycles. The summed E-state index contributed by atoms with van der Waals surface area (Å²) in [6, 6.07) is 13.8. The summed E-state index contributed by atoms with van der Waals surface area (Å²) in [4.78, 5) is 5.15. The van der Waals surface area contributed by atoms with Crippen LogP contribution in [0.25, 0.3) is 17.3 Å². The minimum Gasteiger partial charge on any atom is -0.493 e. The van der Waals surface area contributed by atoms with Gasteiger partial charge in [0.1, 0.15) is 0 Å². The van der Waals surface area contributed by atoms with Crippen LogP contribution in [0.2, 0.25) is 0 Å². The molecule has 124 valence electrons. The maximum atomic E-state index is 10.8. The Morgan fingerprint density at radius 2 is 2.04 bits per heavy atom. The molecule has 0 amide bonds. The molecule has 0 spiro atoms. The van der Waals surface area contributed by atoms with E-state index in [2.05, 4.69) is 20.9 Å². The number of allylic oxidation sites excluding steroid dienone is 1. The highest BCUT2D eigenvalue weighted by Crippen LogP contribution is 2.38. The summed E-state index contributed by atoms with van der Waals surface area (Å²) < 4.78 is 3.33. The first-order valence-corrected chi connectivity index (χ1v) is 9.63. The summed E-state index contributed by atoms with van der Waals surface area (Å²) in [6.45, 7) is 2.00. The van der Waals surface area contributed by atoms with Crippen molar-refractivity contribution in [3.05, 3.63) is 66.9 Å². The monoisotopic (exact) mass is 428 g/mol. The Morgan fingerprint density at radius 3 is 2.84 bits per heavy atom. The van der Waals surface area contributed by atoms with Crippen LogP contribution >= 0.6 is 39.5 Å². The molecule has 0 radical (unpaired) electrons. The fourth-order valence-corrected chi connectivity index (χ4v) is 4.47. The number of rotatable bonds is 2. The van der Waals surface area contributed by atoms with Crippen LogP contribution in [0.1, 0.15) is 16.0 Å². The van der Waals surface area contributed by atoms with Crippen LogP contribution in [-0.4, -0.2) is 15.9 Å². The highest BCUT2D eigenvalue weighted by molar-refractivity contribution is 9.10. The van der Waals surface area contributed by atoms with Crippen molar-refractivity contribution < 1.29 is 5.11 Å². The first kappa shape index (κ1) is 16.4. The third-order valence-electron chi connectivity index (χ3n) is 4.07. The fraction of sp³-hybridized carbons (Fsp3) is 0.0526.